The molecule has 3 heteroatoms. The van der Waals surface area contributed by atoms with E-state index in [0.717, 1.165) is 12.2 Å². The fraction of sp³-hybridized carbons (Fsp3) is 0.562. The second-order valence-corrected chi connectivity index (χ2v) is 5.42. The lowest BCUT2D eigenvalue weighted by Crippen LogP contribution is -2.31. The van der Waals surface area contributed by atoms with E-state index in [1.807, 2.05) is 13.8 Å². The van der Waals surface area contributed by atoms with Crippen molar-refractivity contribution in [2.45, 2.75) is 51.2 Å². The van der Waals surface area contributed by atoms with Crippen molar-refractivity contribution in [1.29, 1.82) is 5.26 Å². The monoisotopic (exact) mass is 258 g/mol. The standard InChI is InChI=1S/C16H22N2O/c1-12(2)19-14-8-6-13(7-9-14)15-4-3-5-16(15)18-11-10-17/h6-9,12,15-16,18H,3-5,11H2,1-2H3. The van der Waals surface area contributed by atoms with E-state index in [-0.39, 0.29) is 6.10 Å². The van der Waals surface area contributed by atoms with Crippen molar-refractivity contribution in [1.82, 2.24) is 5.32 Å². The van der Waals surface area contributed by atoms with Gasteiger partial charge in [-0.2, -0.15) is 5.26 Å². The van der Waals surface area contributed by atoms with Crippen molar-refractivity contribution in [2.24, 2.45) is 0 Å². The van der Waals surface area contributed by atoms with E-state index < -0.39 is 0 Å². The lowest BCUT2D eigenvalue weighted by atomic mass is 9.94. The minimum absolute atomic E-state index is 0.211. The van der Waals surface area contributed by atoms with Crippen LogP contribution in [-0.4, -0.2) is 18.7 Å². The van der Waals surface area contributed by atoms with Crippen LogP contribution < -0.4 is 10.1 Å². The summed E-state index contributed by atoms with van der Waals surface area (Å²) in [5, 5.41) is 12.0. The molecule has 0 bridgehead atoms. The van der Waals surface area contributed by atoms with E-state index in [4.69, 9.17) is 10.00 Å². The van der Waals surface area contributed by atoms with E-state index in [1.54, 1.807) is 0 Å². The molecule has 3 nitrogen and oxygen atoms in total. The summed E-state index contributed by atoms with van der Waals surface area (Å²) >= 11 is 0. The summed E-state index contributed by atoms with van der Waals surface area (Å²) in [6.07, 6.45) is 3.81. The number of nitrogens with one attached hydrogen (secondary N) is 1. The highest BCUT2D eigenvalue weighted by Crippen LogP contribution is 2.35. The number of nitriles is 1. The highest BCUT2D eigenvalue weighted by atomic mass is 16.5. The molecule has 1 aliphatic rings. The van der Waals surface area contributed by atoms with Gasteiger partial charge in [0.15, 0.2) is 0 Å². The van der Waals surface area contributed by atoms with Crippen LogP contribution in [0.3, 0.4) is 0 Å². The zero-order valence-electron chi connectivity index (χ0n) is 11.7. The number of ether oxygens (including phenoxy) is 1. The van der Waals surface area contributed by atoms with Gasteiger partial charge in [-0.1, -0.05) is 18.6 Å². The average molecular weight is 258 g/mol. The molecule has 19 heavy (non-hydrogen) atoms. The zero-order valence-corrected chi connectivity index (χ0v) is 11.7. The smallest absolute Gasteiger partial charge is 0.119 e. The second kappa shape index (κ2) is 6.58. The summed E-state index contributed by atoms with van der Waals surface area (Å²) < 4.78 is 5.66. The molecule has 102 valence electrons. The Kier molecular flexibility index (Phi) is 4.81. The molecule has 1 aromatic carbocycles. The summed E-state index contributed by atoms with van der Waals surface area (Å²) in [4.78, 5) is 0. The summed E-state index contributed by atoms with van der Waals surface area (Å²) in [6.45, 7) is 4.51. The van der Waals surface area contributed by atoms with Crippen molar-refractivity contribution in [3.8, 4) is 11.8 Å². The third-order valence-corrected chi connectivity index (χ3v) is 3.64. The maximum absolute atomic E-state index is 8.67. The first-order valence-corrected chi connectivity index (χ1v) is 7.07. The van der Waals surface area contributed by atoms with E-state index in [2.05, 4.69) is 35.7 Å². The van der Waals surface area contributed by atoms with Crippen LogP contribution in [0, 0.1) is 11.3 Å². The van der Waals surface area contributed by atoms with Crippen LogP contribution in [0.15, 0.2) is 24.3 Å². The van der Waals surface area contributed by atoms with Crippen LogP contribution in [0.5, 0.6) is 5.75 Å². The molecule has 0 amide bonds. The number of nitrogens with zero attached hydrogens (tertiary/aromatic N) is 1. The quantitative estimate of drug-likeness (QED) is 0.825. The SMILES string of the molecule is CC(C)Oc1ccc(C2CCCC2NCC#N)cc1. The maximum Gasteiger partial charge on any atom is 0.119 e. The molecule has 1 saturated carbocycles. The van der Waals surface area contributed by atoms with Crippen molar-refractivity contribution in [3.05, 3.63) is 29.8 Å². The maximum atomic E-state index is 8.67. The van der Waals surface area contributed by atoms with E-state index in [9.17, 15) is 0 Å². The van der Waals surface area contributed by atoms with Gasteiger partial charge in [-0.25, -0.2) is 0 Å². The van der Waals surface area contributed by atoms with E-state index in [0.29, 0.717) is 18.5 Å². The van der Waals surface area contributed by atoms with Gasteiger partial charge in [0.2, 0.25) is 0 Å². The largest absolute Gasteiger partial charge is 0.491 e. The minimum atomic E-state index is 0.211. The average Bonchev–Trinajstić information content (AvgIpc) is 2.85. The van der Waals surface area contributed by atoms with Crippen LogP contribution in [0.25, 0.3) is 0 Å². The highest BCUT2D eigenvalue weighted by Gasteiger charge is 2.27. The summed E-state index contributed by atoms with van der Waals surface area (Å²) in [5.74, 6) is 1.46. The third-order valence-electron chi connectivity index (χ3n) is 3.64. The Hall–Kier alpha value is -1.53. The predicted molar refractivity (Wildman–Crippen MR) is 76.2 cm³/mol. The molecule has 2 unspecified atom stereocenters. The molecule has 1 N–H and O–H groups in total. The fourth-order valence-corrected chi connectivity index (χ4v) is 2.85. The number of benzene rings is 1. The normalized spacial score (nSPS) is 22.4. The Labute approximate surface area is 115 Å². The Bertz CT molecular complexity index is 433. The molecule has 0 radical (unpaired) electrons. The molecule has 1 aliphatic carbocycles. The molecular weight excluding hydrogens is 236 g/mol. The van der Waals surface area contributed by atoms with Crippen LogP contribution in [0.2, 0.25) is 0 Å². The molecule has 0 aromatic heterocycles. The summed E-state index contributed by atoms with van der Waals surface area (Å²) in [5.41, 5.74) is 1.35. The molecule has 1 fully saturated rings. The van der Waals surface area contributed by atoms with E-state index >= 15 is 0 Å². The van der Waals surface area contributed by atoms with Gasteiger partial charge in [-0.3, -0.25) is 0 Å². The Morgan fingerprint density at radius 3 is 2.68 bits per heavy atom. The molecule has 0 aliphatic heterocycles. The Balaban J connectivity index is 2.02. The summed E-state index contributed by atoms with van der Waals surface area (Å²) in [7, 11) is 0. The third kappa shape index (κ3) is 3.71. The zero-order chi connectivity index (χ0) is 13.7. The van der Waals surface area contributed by atoms with Gasteiger partial charge in [0.1, 0.15) is 5.75 Å². The minimum Gasteiger partial charge on any atom is -0.491 e. The van der Waals surface area contributed by atoms with Gasteiger partial charge in [0.05, 0.1) is 18.7 Å². The van der Waals surface area contributed by atoms with Crippen LogP contribution >= 0.6 is 0 Å². The van der Waals surface area contributed by atoms with Crippen LogP contribution in [0.4, 0.5) is 0 Å². The number of rotatable bonds is 5. The van der Waals surface area contributed by atoms with E-state index in [1.165, 1.54) is 18.4 Å². The first kappa shape index (κ1) is 13.9. The van der Waals surface area contributed by atoms with Gasteiger partial charge in [0, 0.05) is 6.04 Å². The van der Waals surface area contributed by atoms with Gasteiger partial charge in [0.25, 0.3) is 0 Å². The van der Waals surface area contributed by atoms with Crippen LogP contribution in [-0.2, 0) is 0 Å². The first-order chi connectivity index (χ1) is 9.20. The number of hydrogen-bond acceptors (Lipinski definition) is 3. The molecule has 2 rings (SSSR count). The van der Waals surface area contributed by atoms with Crippen molar-refractivity contribution >= 4 is 0 Å². The number of hydrogen-bond donors (Lipinski definition) is 1. The molecule has 2 atom stereocenters. The fourth-order valence-electron chi connectivity index (χ4n) is 2.85. The predicted octanol–water partition coefficient (Wildman–Crippen LogP) is 3.22. The van der Waals surface area contributed by atoms with Crippen molar-refractivity contribution in [2.75, 3.05) is 6.54 Å². The Morgan fingerprint density at radius 1 is 1.32 bits per heavy atom. The highest BCUT2D eigenvalue weighted by molar-refractivity contribution is 5.31. The van der Waals surface area contributed by atoms with Gasteiger partial charge < -0.3 is 10.1 Å². The van der Waals surface area contributed by atoms with Gasteiger partial charge in [-0.05, 0) is 50.3 Å². The summed E-state index contributed by atoms with van der Waals surface area (Å²) in [6, 6.07) is 11.0. The van der Waals surface area contributed by atoms with Crippen LogP contribution in [0.1, 0.15) is 44.6 Å². The van der Waals surface area contributed by atoms with Crippen molar-refractivity contribution in [3.63, 3.8) is 0 Å². The first-order valence-electron chi connectivity index (χ1n) is 7.07. The molecular formula is C16H22N2O. The van der Waals surface area contributed by atoms with Gasteiger partial charge in [-0.15, -0.1) is 0 Å². The van der Waals surface area contributed by atoms with Crippen molar-refractivity contribution < 1.29 is 4.74 Å². The molecule has 0 saturated heterocycles. The van der Waals surface area contributed by atoms with Gasteiger partial charge >= 0.3 is 0 Å². The molecule has 1 aromatic rings. The second-order valence-electron chi connectivity index (χ2n) is 5.42. The molecule has 0 spiro atoms. The molecule has 0 heterocycles. The Morgan fingerprint density at radius 2 is 2.05 bits per heavy atom. The topological polar surface area (TPSA) is 45.0 Å². The lowest BCUT2D eigenvalue weighted by Gasteiger charge is -2.20. The lowest BCUT2D eigenvalue weighted by molar-refractivity contribution is 0.242.